The number of nitrogens with zero attached hydrogens (tertiary/aromatic N) is 1. The average Bonchev–Trinajstić information content (AvgIpc) is 2.57. The number of carboxylic acid groups (broad SMARTS) is 2. The van der Waals surface area contributed by atoms with Crippen LogP contribution in [0.3, 0.4) is 0 Å². The molecule has 0 saturated heterocycles. The van der Waals surface area contributed by atoms with E-state index in [0.29, 0.717) is 19.0 Å². The summed E-state index contributed by atoms with van der Waals surface area (Å²) >= 11 is 0. The van der Waals surface area contributed by atoms with Crippen molar-refractivity contribution in [3.63, 3.8) is 0 Å². The average molecular weight is 355 g/mol. The van der Waals surface area contributed by atoms with E-state index in [1.165, 1.54) is 6.08 Å². The lowest BCUT2D eigenvalue weighted by atomic mass is 9.81. The first-order chi connectivity index (χ1) is 11.9. The van der Waals surface area contributed by atoms with Crippen LogP contribution >= 0.6 is 0 Å². The van der Waals surface area contributed by atoms with Gasteiger partial charge in [0, 0.05) is 13.0 Å². The number of isocyanates is 1. The van der Waals surface area contributed by atoms with Crippen LogP contribution in [0, 0.1) is 11.8 Å². The van der Waals surface area contributed by atoms with E-state index in [9.17, 15) is 19.2 Å². The number of amides is 2. The highest BCUT2D eigenvalue weighted by Crippen LogP contribution is 2.28. The van der Waals surface area contributed by atoms with E-state index in [-0.39, 0.29) is 25.2 Å². The summed E-state index contributed by atoms with van der Waals surface area (Å²) in [6.45, 7) is 0.880. The molecule has 2 amide bonds. The Kier molecular flexibility index (Phi) is 9.24. The molecule has 1 saturated carbocycles. The quantitative estimate of drug-likeness (QED) is 0.341. The zero-order valence-electron chi connectivity index (χ0n) is 14.1. The fourth-order valence-electron chi connectivity index (χ4n) is 3.08. The summed E-state index contributed by atoms with van der Waals surface area (Å²) in [5.74, 6) is -1.61. The third-order valence-corrected chi connectivity index (χ3v) is 4.34. The SMILES string of the molecule is O=C=NCC1CCCC(CNC(=O)NC(CCCC(=O)O)C(=O)O)C1. The molecule has 0 heterocycles. The van der Waals surface area contributed by atoms with E-state index < -0.39 is 24.0 Å². The molecule has 3 unspecified atom stereocenters. The Morgan fingerprint density at radius 3 is 2.56 bits per heavy atom. The third-order valence-electron chi connectivity index (χ3n) is 4.34. The van der Waals surface area contributed by atoms with E-state index in [1.807, 2.05) is 0 Å². The van der Waals surface area contributed by atoms with Gasteiger partial charge in [-0.3, -0.25) is 4.79 Å². The molecule has 140 valence electrons. The van der Waals surface area contributed by atoms with Crippen LogP contribution in [0.5, 0.6) is 0 Å². The van der Waals surface area contributed by atoms with Crippen LogP contribution in [-0.4, -0.2) is 53.4 Å². The zero-order chi connectivity index (χ0) is 18.7. The Bertz CT molecular complexity index is 518. The highest BCUT2D eigenvalue weighted by molar-refractivity contribution is 5.82. The number of nitrogens with one attached hydrogen (secondary N) is 2. The lowest BCUT2D eigenvalue weighted by Gasteiger charge is -2.28. The van der Waals surface area contributed by atoms with Gasteiger partial charge >= 0.3 is 18.0 Å². The van der Waals surface area contributed by atoms with Crippen molar-refractivity contribution in [2.75, 3.05) is 13.1 Å². The number of carbonyl (C=O) groups excluding carboxylic acids is 2. The van der Waals surface area contributed by atoms with Gasteiger partial charge in [0.25, 0.3) is 0 Å². The number of hydrogen-bond acceptors (Lipinski definition) is 5. The van der Waals surface area contributed by atoms with Gasteiger partial charge in [0.2, 0.25) is 6.08 Å². The van der Waals surface area contributed by atoms with Gasteiger partial charge in [-0.2, -0.15) is 0 Å². The lowest BCUT2D eigenvalue weighted by molar-refractivity contribution is -0.140. The number of aliphatic imine (C=N–C) groups is 1. The molecule has 3 atom stereocenters. The van der Waals surface area contributed by atoms with Gasteiger partial charge in [-0.05, 0) is 43.9 Å². The van der Waals surface area contributed by atoms with E-state index >= 15 is 0 Å². The zero-order valence-corrected chi connectivity index (χ0v) is 14.1. The van der Waals surface area contributed by atoms with Crippen molar-refractivity contribution in [2.45, 2.75) is 51.0 Å². The lowest BCUT2D eigenvalue weighted by Crippen LogP contribution is -2.47. The first kappa shape index (κ1) is 20.6. The van der Waals surface area contributed by atoms with Crippen LogP contribution in [0.2, 0.25) is 0 Å². The fraction of sp³-hybridized carbons (Fsp3) is 0.750. The summed E-state index contributed by atoms with van der Waals surface area (Å²) in [6, 6.07) is -1.68. The molecule has 4 N–H and O–H groups in total. The topological polar surface area (TPSA) is 145 Å². The molecule has 9 heteroatoms. The molecule has 0 bridgehead atoms. The number of rotatable bonds is 10. The van der Waals surface area contributed by atoms with Crippen LogP contribution in [0.25, 0.3) is 0 Å². The van der Waals surface area contributed by atoms with Crippen molar-refractivity contribution in [1.82, 2.24) is 10.6 Å². The molecule has 1 rings (SSSR count). The van der Waals surface area contributed by atoms with Gasteiger partial charge in [-0.25, -0.2) is 19.4 Å². The van der Waals surface area contributed by atoms with Crippen LogP contribution in [0.1, 0.15) is 44.9 Å². The second-order valence-electron chi connectivity index (χ2n) is 6.36. The van der Waals surface area contributed by atoms with Gasteiger partial charge < -0.3 is 20.8 Å². The van der Waals surface area contributed by atoms with Crippen LogP contribution < -0.4 is 10.6 Å². The predicted molar refractivity (Wildman–Crippen MR) is 87.9 cm³/mol. The van der Waals surface area contributed by atoms with Crippen LogP contribution in [0.15, 0.2) is 4.99 Å². The van der Waals surface area contributed by atoms with E-state index in [2.05, 4.69) is 15.6 Å². The van der Waals surface area contributed by atoms with Gasteiger partial charge in [-0.1, -0.05) is 6.42 Å². The van der Waals surface area contributed by atoms with Crippen LogP contribution in [-0.2, 0) is 14.4 Å². The molecule has 1 fully saturated rings. The van der Waals surface area contributed by atoms with Crippen molar-refractivity contribution in [3.8, 4) is 0 Å². The molecule has 1 aliphatic rings. The van der Waals surface area contributed by atoms with Crippen molar-refractivity contribution in [1.29, 1.82) is 0 Å². The smallest absolute Gasteiger partial charge is 0.326 e. The summed E-state index contributed by atoms with van der Waals surface area (Å²) in [6.07, 6.45) is 5.45. The minimum Gasteiger partial charge on any atom is -0.481 e. The molecule has 0 spiro atoms. The number of hydrogen-bond donors (Lipinski definition) is 4. The minimum atomic E-state index is -1.19. The summed E-state index contributed by atoms with van der Waals surface area (Å²) < 4.78 is 0. The van der Waals surface area contributed by atoms with Gasteiger partial charge in [0.1, 0.15) is 6.04 Å². The minimum absolute atomic E-state index is 0.0598. The van der Waals surface area contributed by atoms with Gasteiger partial charge in [0.05, 0.1) is 6.54 Å². The normalized spacial score (nSPS) is 20.8. The number of carboxylic acids is 2. The molecule has 0 aromatic carbocycles. The first-order valence-electron chi connectivity index (χ1n) is 8.45. The van der Waals surface area contributed by atoms with Crippen molar-refractivity contribution in [3.05, 3.63) is 0 Å². The third kappa shape index (κ3) is 8.85. The largest absolute Gasteiger partial charge is 0.481 e. The molecular formula is C16H25N3O6. The maximum atomic E-state index is 11.9. The highest BCUT2D eigenvalue weighted by atomic mass is 16.4. The molecule has 0 aliphatic heterocycles. The van der Waals surface area contributed by atoms with Crippen molar-refractivity contribution in [2.24, 2.45) is 16.8 Å². The molecule has 1 aliphatic carbocycles. The monoisotopic (exact) mass is 355 g/mol. The van der Waals surface area contributed by atoms with E-state index in [0.717, 1.165) is 25.7 Å². The Morgan fingerprint density at radius 2 is 1.92 bits per heavy atom. The fourth-order valence-corrected chi connectivity index (χ4v) is 3.08. The predicted octanol–water partition coefficient (Wildman–Crippen LogP) is 1.14. The second-order valence-corrected chi connectivity index (χ2v) is 6.36. The summed E-state index contributed by atoms with van der Waals surface area (Å²) in [7, 11) is 0. The summed E-state index contributed by atoms with van der Waals surface area (Å²) in [5.41, 5.74) is 0. The molecular weight excluding hydrogens is 330 g/mol. The Morgan fingerprint density at radius 1 is 1.20 bits per heavy atom. The Labute approximate surface area is 145 Å². The first-order valence-corrected chi connectivity index (χ1v) is 8.45. The molecule has 0 radical (unpaired) electrons. The maximum Gasteiger partial charge on any atom is 0.326 e. The number of urea groups is 1. The molecule has 0 aromatic heterocycles. The standard InChI is InChI=1S/C16H25N3O6/c20-10-17-8-11-3-1-4-12(7-11)9-18-16(25)19-13(15(23)24)5-2-6-14(21)22/h11-13H,1-9H2,(H,21,22)(H,23,24)(H2,18,19,25). The van der Waals surface area contributed by atoms with E-state index in [4.69, 9.17) is 10.2 Å². The highest BCUT2D eigenvalue weighted by Gasteiger charge is 2.24. The maximum absolute atomic E-state index is 11.9. The summed E-state index contributed by atoms with van der Waals surface area (Å²) in [5, 5.41) is 22.7. The second kappa shape index (κ2) is 11.2. The molecule has 0 aromatic rings. The Hall–Kier alpha value is -2.41. The van der Waals surface area contributed by atoms with Gasteiger partial charge in [0.15, 0.2) is 0 Å². The number of aliphatic carboxylic acids is 2. The Balaban J connectivity index is 2.34. The van der Waals surface area contributed by atoms with Crippen LogP contribution in [0.4, 0.5) is 4.79 Å². The number of carbonyl (C=O) groups is 3. The van der Waals surface area contributed by atoms with E-state index in [1.54, 1.807) is 0 Å². The molecule has 25 heavy (non-hydrogen) atoms. The van der Waals surface area contributed by atoms with Crippen molar-refractivity contribution < 1.29 is 29.4 Å². The summed E-state index contributed by atoms with van der Waals surface area (Å²) in [4.78, 5) is 47.3. The van der Waals surface area contributed by atoms with Crippen molar-refractivity contribution >= 4 is 24.0 Å². The molecule has 9 nitrogen and oxygen atoms in total. The van der Waals surface area contributed by atoms with Gasteiger partial charge in [-0.15, -0.1) is 0 Å².